The lowest BCUT2D eigenvalue weighted by Crippen LogP contribution is -2.41. The van der Waals surface area contributed by atoms with Gasteiger partial charge in [0.05, 0.1) is 21.9 Å². The first-order chi connectivity index (χ1) is 14.6. The number of benzene rings is 2. The summed E-state index contributed by atoms with van der Waals surface area (Å²) in [5.74, 6) is 1.83. The fourth-order valence-corrected chi connectivity index (χ4v) is 4.27. The van der Waals surface area contributed by atoms with Crippen LogP contribution in [0.25, 0.3) is 21.9 Å². The average Bonchev–Trinajstić information content (AvgIpc) is 3.21. The molecule has 30 heavy (non-hydrogen) atoms. The fraction of sp³-hybridized carbons (Fsp3) is 0.304. The number of likely N-dealkylation sites (tertiary alicyclic amines) is 1. The zero-order valence-electron chi connectivity index (χ0n) is 16.8. The molecule has 7 nitrogen and oxygen atoms in total. The van der Waals surface area contributed by atoms with E-state index in [0.717, 1.165) is 29.7 Å². The first kappa shape index (κ1) is 18.5. The fourth-order valence-electron chi connectivity index (χ4n) is 4.27. The Morgan fingerprint density at radius 2 is 1.73 bits per heavy atom. The minimum absolute atomic E-state index is 0.0256. The Bertz CT molecular complexity index is 1260. The number of aromatic nitrogens is 4. The summed E-state index contributed by atoms with van der Waals surface area (Å²) in [4.78, 5) is 40.2. The van der Waals surface area contributed by atoms with E-state index in [1.807, 2.05) is 47.4 Å². The summed E-state index contributed by atoms with van der Waals surface area (Å²) in [5, 5.41) is 0.541. The molecule has 7 heteroatoms. The van der Waals surface area contributed by atoms with E-state index in [4.69, 9.17) is 4.98 Å². The Labute approximate surface area is 173 Å². The van der Waals surface area contributed by atoms with Crippen molar-refractivity contribution in [2.45, 2.75) is 32.2 Å². The first-order valence-corrected chi connectivity index (χ1v) is 10.3. The van der Waals surface area contributed by atoms with Gasteiger partial charge in [0.25, 0.3) is 5.56 Å². The van der Waals surface area contributed by atoms with Crippen molar-refractivity contribution in [2.24, 2.45) is 0 Å². The number of H-pyrrole nitrogens is 1. The molecule has 0 unspecified atom stereocenters. The predicted molar refractivity (Wildman–Crippen MR) is 115 cm³/mol. The molecular weight excluding hydrogens is 378 g/mol. The molecule has 1 amide bonds. The Kier molecular flexibility index (Phi) is 4.58. The molecule has 1 fully saturated rings. The second-order valence-electron chi connectivity index (χ2n) is 7.86. The van der Waals surface area contributed by atoms with Crippen molar-refractivity contribution in [1.29, 1.82) is 0 Å². The van der Waals surface area contributed by atoms with Crippen LogP contribution in [-0.2, 0) is 11.3 Å². The highest BCUT2D eigenvalue weighted by Gasteiger charge is 2.26. The summed E-state index contributed by atoms with van der Waals surface area (Å²) in [6, 6.07) is 15.3. The van der Waals surface area contributed by atoms with E-state index in [9.17, 15) is 9.59 Å². The van der Waals surface area contributed by atoms with Gasteiger partial charge in [-0.2, -0.15) is 0 Å². The van der Waals surface area contributed by atoms with Crippen LogP contribution in [0, 0.1) is 6.92 Å². The number of nitrogens with one attached hydrogen (secondary N) is 1. The molecule has 0 saturated carbocycles. The third-order valence-corrected chi connectivity index (χ3v) is 5.99. The summed E-state index contributed by atoms with van der Waals surface area (Å²) < 4.78 is 1.48. The third kappa shape index (κ3) is 3.26. The molecule has 1 N–H and O–H groups in total. The average molecular weight is 401 g/mol. The number of piperidine rings is 1. The molecule has 0 atom stereocenters. The van der Waals surface area contributed by atoms with E-state index in [-0.39, 0.29) is 18.0 Å². The van der Waals surface area contributed by atoms with E-state index in [1.165, 1.54) is 4.57 Å². The van der Waals surface area contributed by atoms with Crippen molar-refractivity contribution in [2.75, 3.05) is 13.1 Å². The summed E-state index contributed by atoms with van der Waals surface area (Å²) in [5.41, 5.74) is 2.52. The van der Waals surface area contributed by atoms with Crippen LogP contribution in [0.5, 0.6) is 0 Å². The molecule has 152 valence electrons. The molecule has 1 aliphatic rings. The standard InChI is InChI=1S/C23H23N5O2/c1-15-24-18-7-3-2-6-17(18)23(30)28(15)14-21(29)27-12-10-16(11-13-27)22-25-19-8-4-5-9-20(19)26-22/h2-9,16H,10-14H2,1H3,(H,25,26). The molecule has 4 aromatic rings. The molecule has 1 saturated heterocycles. The topological polar surface area (TPSA) is 83.9 Å². The van der Waals surface area contributed by atoms with Crippen molar-refractivity contribution >= 4 is 27.8 Å². The van der Waals surface area contributed by atoms with Gasteiger partial charge in [-0.15, -0.1) is 0 Å². The lowest BCUT2D eigenvalue weighted by atomic mass is 9.96. The SMILES string of the molecule is Cc1nc2ccccc2c(=O)n1CC(=O)N1CCC(c2nc3ccccc3[nH]2)CC1. The normalized spacial score (nSPS) is 15.2. The summed E-state index contributed by atoms with van der Waals surface area (Å²) >= 11 is 0. The molecule has 3 heterocycles. The number of rotatable bonds is 3. The lowest BCUT2D eigenvalue weighted by Gasteiger charge is -2.31. The molecule has 5 rings (SSSR count). The number of hydrogen-bond donors (Lipinski definition) is 1. The zero-order valence-corrected chi connectivity index (χ0v) is 16.8. The van der Waals surface area contributed by atoms with Crippen molar-refractivity contribution < 1.29 is 4.79 Å². The van der Waals surface area contributed by atoms with Gasteiger partial charge in [0.1, 0.15) is 18.2 Å². The maximum absolute atomic E-state index is 12.9. The van der Waals surface area contributed by atoms with Gasteiger partial charge in [0.15, 0.2) is 0 Å². The molecule has 2 aromatic carbocycles. The first-order valence-electron chi connectivity index (χ1n) is 10.3. The largest absolute Gasteiger partial charge is 0.342 e. The van der Waals surface area contributed by atoms with Crippen LogP contribution >= 0.6 is 0 Å². The lowest BCUT2D eigenvalue weighted by molar-refractivity contribution is -0.133. The molecule has 2 aromatic heterocycles. The second-order valence-corrected chi connectivity index (χ2v) is 7.86. The summed E-state index contributed by atoms with van der Waals surface area (Å²) in [6.45, 7) is 3.12. The van der Waals surface area contributed by atoms with Gasteiger partial charge in [0.2, 0.25) is 5.91 Å². The van der Waals surface area contributed by atoms with Crippen LogP contribution in [0.3, 0.4) is 0 Å². The number of carbonyl (C=O) groups excluding carboxylic acids is 1. The van der Waals surface area contributed by atoms with Crippen LogP contribution in [0.1, 0.15) is 30.4 Å². The third-order valence-electron chi connectivity index (χ3n) is 5.99. The highest BCUT2D eigenvalue weighted by Crippen LogP contribution is 2.27. The van der Waals surface area contributed by atoms with Crippen LogP contribution in [0.15, 0.2) is 53.3 Å². The maximum atomic E-state index is 12.9. The number of hydrogen-bond acceptors (Lipinski definition) is 4. The van der Waals surface area contributed by atoms with E-state index < -0.39 is 0 Å². The van der Waals surface area contributed by atoms with Crippen molar-refractivity contribution in [1.82, 2.24) is 24.4 Å². The van der Waals surface area contributed by atoms with Crippen LogP contribution < -0.4 is 5.56 Å². The van der Waals surface area contributed by atoms with E-state index in [1.54, 1.807) is 13.0 Å². The Hall–Kier alpha value is -3.48. The number of imidazole rings is 1. The van der Waals surface area contributed by atoms with E-state index in [2.05, 4.69) is 9.97 Å². The van der Waals surface area contributed by atoms with Gasteiger partial charge >= 0.3 is 0 Å². The number of para-hydroxylation sites is 3. The number of aromatic amines is 1. The van der Waals surface area contributed by atoms with Gasteiger partial charge in [-0.1, -0.05) is 24.3 Å². The maximum Gasteiger partial charge on any atom is 0.261 e. The Morgan fingerprint density at radius 1 is 1.03 bits per heavy atom. The zero-order chi connectivity index (χ0) is 20.7. The summed E-state index contributed by atoms with van der Waals surface area (Å²) in [7, 11) is 0. The minimum atomic E-state index is -0.163. The molecule has 0 bridgehead atoms. The number of aryl methyl sites for hydroxylation is 1. The van der Waals surface area contributed by atoms with Crippen molar-refractivity contribution in [3.05, 3.63) is 70.5 Å². The monoisotopic (exact) mass is 401 g/mol. The van der Waals surface area contributed by atoms with Crippen molar-refractivity contribution in [3.63, 3.8) is 0 Å². The molecule has 0 aliphatic carbocycles. The quantitative estimate of drug-likeness (QED) is 0.572. The van der Waals surface area contributed by atoms with E-state index in [0.29, 0.717) is 35.7 Å². The predicted octanol–water partition coefficient (Wildman–Crippen LogP) is 2.99. The van der Waals surface area contributed by atoms with E-state index >= 15 is 0 Å². The summed E-state index contributed by atoms with van der Waals surface area (Å²) in [6.07, 6.45) is 1.71. The minimum Gasteiger partial charge on any atom is -0.342 e. The van der Waals surface area contributed by atoms with Crippen LogP contribution in [0.4, 0.5) is 0 Å². The van der Waals surface area contributed by atoms with Gasteiger partial charge in [-0.25, -0.2) is 9.97 Å². The molecule has 0 spiro atoms. The van der Waals surface area contributed by atoms with Gasteiger partial charge < -0.3 is 9.88 Å². The second kappa shape index (κ2) is 7.40. The van der Waals surface area contributed by atoms with Gasteiger partial charge in [0, 0.05) is 19.0 Å². The Morgan fingerprint density at radius 3 is 2.50 bits per heavy atom. The molecular formula is C23H23N5O2. The van der Waals surface area contributed by atoms with Crippen molar-refractivity contribution in [3.8, 4) is 0 Å². The van der Waals surface area contributed by atoms with Crippen LogP contribution in [-0.4, -0.2) is 43.4 Å². The highest BCUT2D eigenvalue weighted by atomic mass is 16.2. The van der Waals surface area contributed by atoms with Gasteiger partial charge in [-0.3, -0.25) is 14.2 Å². The molecule has 1 aliphatic heterocycles. The van der Waals surface area contributed by atoms with Gasteiger partial charge in [-0.05, 0) is 44.0 Å². The van der Waals surface area contributed by atoms with Crippen LogP contribution in [0.2, 0.25) is 0 Å². The molecule has 0 radical (unpaired) electrons. The number of nitrogens with zero attached hydrogens (tertiary/aromatic N) is 4. The smallest absolute Gasteiger partial charge is 0.261 e. The Balaban J connectivity index is 1.29. The highest BCUT2D eigenvalue weighted by molar-refractivity contribution is 5.79. The number of carbonyl (C=O) groups is 1. The number of fused-ring (bicyclic) bond motifs is 2. The number of amides is 1.